The van der Waals surface area contributed by atoms with Crippen LogP contribution in [0.2, 0.25) is 0 Å². The lowest BCUT2D eigenvalue weighted by Crippen LogP contribution is -2.38. The number of methoxy groups -OCH3 is 1. The van der Waals surface area contributed by atoms with Gasteiger partial charge in [0, 0.05) is 13.0 Å². The number of rotatable bonds is 8. The molecule has 4 rings (SSSR count). The van der Waals surface area contributed by atoms with E-state index in [4.69, 9.17) is 9.47 Å². The molecule has 0 saturated carbocycles. The zero-order chi connectivity index (χ0) is 24.1. The van der Waals surface area contributed by atoms with Crippen LogP contribution in [-0.4, -0.2) is 58.4 Å². The molecule has 0 radical (unpaired) electrons. The molecule has 2 aromatic carbocycles. The van der Waals surface area contributed by atoms with Crippen LogP contribution in [-0.2, 0) is 14.3 Å². The molecule has 1 N–H and O–H groups in total. The number of anilines is 1. The molecule has 2 heterocycles. The van der Waals surface area contributed by atoms with E-state index in [-0.39, 0.29) is 29.8 Å². The smallest absolute Gasteiger partial charge is 0.296 e. The van der Waals surface area contributed by atoms with Crippen molar-refractivity contribution in [3.05, 3.63) is 58.6 Å². The van der Waals surface area contributed by atoms with Gasteiger partial charge in [-0.3, -0.25) is 24.6 Å². The fourth-order valence-electron chi connectivity index (χ4n) is 3.76. The van der Waals surface area contributed by atoms with Gasteiger partial charge in [0.25, 0.3) is 5.69 Å². The van der Waals surface area contributed by atoms with Crippen molar-refractivity contribution in [3.8, 4) is 5.75 Å². The van der Waals surface area contributed by atoms with Gasteiger partial charge in [-0.05, 0) is 37.1 Å². The lowest BCUT2D eigenvalue weighted by Gasteiger charge is -2.20. The van der Waals surface area contributed by atoms with Crippen LogP contribution in [0.1, 0.15) is 19.3 Å². The van der Waals surface area contributed by atoms with Gasteiger partial charge in [0.15, 0.2) is 5.17 Å². The maximum Gasteiger partial charge on any atom is 0.296 e. The van der Waals surface area contributed by atoms with Crippen LogP contribution in [0.25, 0.3) is 0 Å². The second kappa shape index (κ2) is 10.7. The number of benzene rings is 2. The topological polar surface area (TPSA) is 123 Å². The minimum atomic E-state index is -0.693. The predicted molar refractivity (Wildman–Crippen MR) is 128 cm³/mol. The Morgan fingerprint density at radius 2 is 2.12 bits per heavy atom. The van der Waals surface area contributed by atoms with Crippen LogP contribution in [0.3, 0.4) is 0 Å². The number of ether oxygens (including phenoxy) is 2. The Labute approximate surface area is 200 Å². The third-order valence-electron chi connectivity index (χ3n) is 5.46. The van der Waals surface area contributed by atoms with Crippen molar-refractivity contribution in [1.82, 2.24) is 4.90 Å². The molecule has 0 aromatic heterocycles. The number of carbonyl (C=O) groups excluding carboxylic acids is 2. The number of thioether (sulfide) groups is 1. The lowest BCUT2D eigenvalue weighted by molar-refractivity contribution is -0.384. The average molecular weight is 485 g/mol. The van der Waals surface area contributed by atoms with E-state index in [9.17, 15) is 19.7 Å². The standard InChI is InChI=1S/C23H24N4O6S/c1-32-16-9-10-18(19(12-16)27(30)31)25-21(28)13-20-22(29)26(14-17-8-5-11-33-17)23(34-20)24-15-6-3-2-4-7-15/h2-4,6-7,9-10,12,17,20H,5,8,11,13-14H2,1H3,(H,25,28). The van der Waals surface area contributed by atoms with Crippen molar-refractivity contribution in [2.75, 3.05) is 25.6 Å². The number of nitrogens with zero attached hydrogens (tertiary/aromatic N) is 3. The summed E-state index contributed by atoms with van der Waals surface area (Å²) in [5.74, 6) is -0.426. The van der Waals surface area contributed by atoms with E-state index in [1.54, 1.807) is 4.90 Å². The van der Waals surface area contributed by atoms with Gasteiger partial charge < -0.3 is 14.8 Å². The largest absolute Gasteiger partial charge is 0.496 e. The van der Waals surface area contributed by atoms with Crippen molar-refractivity contribution in [1.29, 1.82) is 0 Å². The van der Waals surface area contributed by atoms with Gasteiger partial charge in [-0.25, -0.2) is 4.99 Å². The number of hydrogen-bond acceptors (Lipinski definition) is 8. The van der Waals surface area contributed by atoms with E-state index < -0.39 is 16.1 Å². The lowest BCUT2D eigenvalue weighted by atomic mass is 10.2. The fraction of sp³-hybridized carbons (Fsp3) is 0.348. The number of nitro benzene ring substituents is 1. The number of carbonyl (C=O) groups is 2. The van der Waals surface area contributed by atoms with Crippen molar-refractivity contribution < 1.29 is 24.0 Å². The molecule has 2 fully saturated rings. The number of amides is 2. The van der Waals surface area contributed by atoms with E-state index in [2.05, 4.69) is 10.3 Å². The molecule has 178 valence electrons. The second-order valence-electron chi connectivity index (χ2n) is 7.81. The van der Waals surface area contributed by atoms with E-state index in [0.717, 1.165) is 12.8 Å². The zero-order valence-corrected chi connectivity index (χ0v) is 19.3. The summed E-state index contributed by atoms with van der Waals surface area (Å²) >= 11 is 1.22. The molecule has 0 aliphatic carbocycles. The normalized spacial score (nSPS) is 21.1. The summed E-state index contributed by atoms with van der Waals surface area (Å²) in [6, 6.07) is 13.4. The third kappa shape index (κ3) is 5.54. The third-order valence-corrected chi connectivity index (χ3v) is 6.63. The highest BCUT2D eigenvalue weighted by molar-refractivity contribution is 8.15. The van der Waals surface area contributed by atoms with Crippen LogP contribution in [0, 0.1) is 10.1 Å². The summed E-state index contributed by atoms with van der Waals surface area (Å²) in [6.45, 7) is 1.04. The number of nitrogens with one attached hydrogen (secondary N) is 1. The first kappa shape index (κ1) is 23.7. The minimum Gasteiger partial charge on any atom is -0.496 e. The first-order valence-corrected chi connectivity index (χ1v) is 11.7. The van der Waals surface area contributed by atoms with Crippen LogP contribution in [0.5, 0.6) is 5.75 Å². The molecule has 2 aromatic rings. The highest BCUT2D eigenvalue weighted by Crippen LogP contribution is 2.34. The molecule has 10 nitrogen and oxygen atoms in total. The first-order chi connectivity index (χ1) is 16.4. The number of para-hydroxylation sites is 1. The highest BCUT2D eigenvalue weighted by atomic mass is 32.2. The second-order valence-corrected chi connectivity index (χ2v) is 8.98. The number of hydrogen-bond donors (Lipinski definition) is 1. The number of nitro groups is 1. The van der Waals surface area contributed by atoms with E-state index in [1.807, 2.05) is 30.3 Å². The predicted octanol–water partition coefficient (Wildman–Crippen LogP) is 3.74. The maximum absolute atomic E-state index is 13.2. The molecule has 2 atom stereocenters. The zero-order valence-electron chi connectivity index (χ0n) is 18.5. The molecule has 34 heavy (non-hydrogen) atoms. The van der Waals surface area contributed by atoms with Crippen molar-refractivity contribution >= 4 is 45.8 Å². The Bertz CT molecular complexity index is 1100. The van der Waals surface area contributed by atoms with Gasteiger partial charge in [0.2, 0.25) is 11.8 Å². The van der Waals surface area contributed by atoms with Crippen LogP contribution in [0.15, 0.2) is 53.5 Å². The monoisotopic (exact) mass is 484 g/mol. The molecule has 2 unspecified atom stereocenters. The summed E-state index contributed by atoms with van der Waals surface area (Å²) < 4.78 is 10.7. The molecular formula is C23H24N4O6S. The molecule has 2 aliphatic heterocycles. The van der Waals surface area contributed by atoms with Crippen LogP contribution in [0.4, 0.5) is 17.1 Å². The molecule has 0 bridgehead atoms. The van der Waals surface area contributed by atoms with Crippen molar-refractivity contribution in [2.45, 2.75) is 30.6 Å². The molecule has 2 amide bonds. The van der Waals surface area contributed by atoms with Gasteiger partial charge in [0.05, 0.1) is 36.4 Å². The molecule has 2 saturated heterocycles. The number of aliphatic imine (C=N–C) groups is 1. The Morgan fingerprint density at radius 1 is 1.32 bits per heavy atom. The summed E-state index contributed by atoms with van der Waals surface area (Å²) in [5, 5.41) is 13.8. The summed E-state index contributed by atoms with van der Waals surface area (Å²) in [4.78, 5) is 43.0. The Hall–Kier alpha value is -3.44. The summed E-state index contributed by atoms with van der Waals surface area (Å²) in [7, 11) is 1.40. The maximum atomic E-state index is 13.2. The van der Waals surface area contributed by atoms with E-state index >= 15 is 0 Å². The molecule has 2 aliphatic rings. The summed E-state index contributed by atoms with van der Waals surface area (Å²) in [5.41, 5.74) is 0.458. The van der Waals surface area contributed by atoms with Crippen molar-refractivity contribution in [2.24, 2.45) is 4.99 Å². The van der Waals surface area contributed by atoms with Gasteiger partial charge >= 0.3 is 0 Å². The van der Waals surface area contributed by atoms with E-state index in [0.29, 0.717) is 29.8 Å². The van der Waals surface area contributed by atoms with Crippen molar-refractivity contribution in [3.63, 3.8) is 0 Å². The van der Waals surface area contributed by atoms with Gasteiger partial charge in [-0.15, -0.1) is 0 Å². The quantitative estimate of drug-likeness (QED) is 0.447. The number of amidine groups is 1. The highest BCUT2D eigenvalue weighted by Gasteiger charge is 2.40. The summed E-state index contributed by atoms with van der Waals surface area (Å²) in [6.07, 6.45) is 1.58. The molecular weight excluding hydrogens is 460 g/mol. The molecule has 0 spiro atoms. The Morgan fingerprint density at radius 3 is 2.79 bits per heavy atom. The van der Waals surface area contributed by atoms with E-state index in [1.165, 1.54) is 37.1 Å². The Balaban J connectivity index is 1.50. The SMILES string of the molecule is COc1ccc(NC(=O)CC2SC(=Nc3ccccc3)N(CC3CCCO3)C2=O)c([N+](=O)[O-])c1. The first-order valence-electron chi connectivity index (χ1n) is 10.8. The van der Waals surface area contributed by atoms with Crippen LogP contribution < -0.4 is 10.1 Å². The average Bonchev–Trinajstić information content (AvgIpc) is 3.44. The minimum absolute atomic E-state index is 0.0423. The Kier molecular flexibility index (Phi) is 7.43. The fourth-order valence-corrected chi connectivity index (χ4v) is 4.93. The van der Waals surface area contributed by atoms with Crippen LogP contribution >= 0.6 is 11.8 Å². The van der Waals surface area contributed by atoms with Gasteiger partial charge in [-0.2, -0.15) is 0 Å². The van der Waals surface area contributed by atoms with Gasteiger partial charge in [-0.1, -0.05) is 30.0 Å². The molecule has 11 heteroatoms. The van der Waals surface area contributed by atoms with Gasteiger partial charge in [0.1, 0.15) is 16.7 Å².